The molecule has 0 radical (unpaired) electrons. The SMILES string of the molecule is CCC(Br)C(=O)N1CCN(c2ccccc2OC)CC1. The number of benzene rings is 1. The lowest BCUT2D eigenvalue weighted by Gasteiger charge is -2.37. The number of halogens is 1. The number of anilines is 1. The number of piperazine rings is 1. The van der Waals surface area contributed by atoms with E-state index in [0.717, 1.165) is 44.0 Å². The summed E-state index contributed by atoms with van der Waals surface area (Å²) in [5.41, 5.74) is 1.10. The molecule has 1 unspecified atom stereocenters. The molecule has 1 aliphatic heterocycles. The lowest BCUT2D eigenvalue weighted by Crippen LogP contribution is -2.50. The fraction of sp³-hybridized carbons (Fsp3) is 0.533. The lowest BCUT2D eigenvalue weighted by molar-refractivity contribution is -0.130. The molecule has 2 rings (SSSR count). The zero-order valence-electron chi connectivity index (χ0n) is 12.0. The number of para-hydroxylation sites is 2. The van der Waals surface area contributed by atoms with Crippen LogP contribution in [0.5, 0.6) is 5.75 Å². The first-order valence-electron chi connectivity index (χ1n) is 6.98. The summed E-state index contributed by atoms with van der Waals surface area (Å²) in [5.74, 6) is 1.09. The van der Waals surface area contributed by atoms with E-state index in [1.54, 1.807) is 7.11 Å². The van der Waals surface area contributed by atoms with Crippen LogP contribution in [0.25, 0.3) is 0 Å². The Morgan fingerprint density at radius 2 is 1.95 bits per heavy atom. The van der Waals surface area contributed by atoms with Crippen molar-refractivity contribution < 1.29 is 9.53 Å². The van der Waals surface area contributed by atoms with E-state index < -0.39 is 0 Å². The molecule has 1 fully saturated rings. The molecule has 0 spiro atoms. The Labute approximate surface area is 128 Å². The first kappa shape index (κ1) is 15.2. The molecule has 0 N–H and O–H groups in total. The molecule has 110 valence electrons. The summed E-state index contributed by atoms with van der Waals surface area (Å²) >= 11 is 3.44. The summed E-state index contributed by atoms with van der Waals surface area (Å²) in [6.45, 7) is 5.23. The van der Waals surface area contributed by atoms with Crippen molar-refractivity contribution in [1.29, 1.82) is 0 Å². The van der Waals surface area contributed by atoms with Gasteiger partial charge in [0.15, 0.2) is 0 Å². The molecule has 1 atom stereocenters. The number of ether oxygens (including phenoxy) is 1. The number of amides is 1. The van der Waals surface area contributed by atoms with Gasteiger partial charge in [0, 0.05) is 26.2 Å². The van der Waals surface area contributed by atoms with Gasteiger partial charge in [0.1, 0.15) is 5.75 Å². The standard InChI is InChI=1S/C15H21BrN2O2/c1-3-12(16)15(19)18-10-8-17(9-11-18)13-6-4-5-7-14(13)20-2/h4-7,12H,3,8-11H2,1-2H3. The monoisotopic (exact) mass is 340 g/mol. The van der Waals surface area contributed by atoms with Gasteiger partial charge in [-0.05, 0) is 18.6 Å². The van der Waals surface area contributed by atoms with Gasteiger partial charge < -0.3 is 14.5 Å². The summed E-state index contributed by atoms with van der Waals surface area (Å²) < 4.78 is 5.40. The van der Waals surface area contributed by atoms with Gasteiger partial charge >= 0.3 is 0 Å². The van der Waals surface area contributed by atoms with Gasteiger partial charge in [-0.1, -0.05) is 35.0 Å². The topological polar surface area (TPSA) is 32.8 Å². The number of nitrogens with zero attached hydrogens (tertiary/aromatic N) is 2. The van der Waals surface area contributed by atoms with Crippen LogP contribution in [0, 0.1) is 0 Å². The third-order valence-corrected chi connectivity index (χ3v) is 4.68. The molecule has 1 aromatic rings. The highest BCUT2D eigenvalue weighted by Crippen LogP contribution is 2.28. The van der Waals surface area contributed by atoms with Crippen molar-refractivity contribution in [2.75, 3.05) is 38.2 Å². The second-order valence-corrected chi connectivity index (χ2v) is 5.97. The van der Waals surface area contributed by atoms with E-state index in [-0.39, 0.29) is 10.7 Å². The first-order chi connectivity index (χ1) is 9.67. The van der Waals surface area contributed by atoms with E-state index in [4.69, 9.17) is 4.74 Å². The van der Waals surface area contributed by atoms with Gasteiger partial charge in [0.2, 0.25) is 5.91 Å². The number of carbonyl (C=O) groups excluding carboxylic acids is 1. The molecular weight excluding hydrogens is 320 g/mol. The van der Waals surface area contributed by atoms with Crippen molar-refractivity contribution in [1.82, 2.24) is 4.90 Å². The van der Waals surface area contributed by atoms with E-state index >= 15 is 0 Å². The maximum absolute atomic E-state index is 12.1. The second-order valence-electron chi connectivity index (χ2n) is 4.86. The van der Waals surface area contributed by atoms with Crippen LogP contribution in [0.3, 0.4) is 0 Å². The van der Waals surface area contributed by atoms with Crippen LogP contribution in [-0.4, -0.2) is 48.9 Å². The molecule has 5 heteroatoms. The Kier molecular flexibility index (Phi) is 5.29. The third-order valence-electron chi connectivity index (χ3n) is 3.64. The average molecular weight is 341 g/mol. The minimum Gasteiger partial charge on any atom is -0.495 e. The molecule has 4 nitrogen and oxygen atoms in total. The Balaban J connectivity index is 1.99. The van der Waals surface area contributed by atoms with Crippen LogP contribution in [0.15, 0.2) is 24.3 Å². The van der Waals surface area contributed by atoms with Crippen LogP contribution in [-0.2, 0) is 4.79 Å². The summed E-state index contributed by atoms with van der Waals surface area (Å²) in [4.78, 5) is 16.3. The van der Waals surface area contributed by atoms with Crippen molar-refractivity contribution in [3.8, 4) is 5.75 Å². The number of rotatable bonds is 4. The van der Waals surface area contributed by atoms with E-state index in [9.17, 15) is 4.79 Å². The van der Waals surface area contributed by atoms with Crippen LogP contribution in [0.1, 0.15) is 13.3 Å². The smallest absolute Gasteiger partial charge is 0.236 e. The zero-order valence-corrected chi connectivity index (χ0v) is 13.6. The van der Waals surface area contributed by atoms with Crippen molar-refractivity contribution in [3.63, 3.8) is 0 Å². The fourth-order valence-electron chi connectivity index (χ4n) is 2.43. The molecule has 1 amide bonds. The fourth-order valence-corrected chi connectivity index (χ4v) is 2.72. The molecule has 0 saturated carbocycles. The number of hydrogen-bond donors (Lipinski definition) is 0. The molecule has 1 heterocycles. The van der Waals surface area contributed by atoms with E-state index in [1.165, 1.54) is 0 Å². The van der Waals surface area contributed by atoms with Gasteiger partial charge in [-0.2, -0.15) is 0 Å². The van der Waals surface area contributed by atoms with Gasteiger partial charge in [0.05, 0.1) is 17.6 Å². The summed E-state index contributed by atoms with van der Waals surface area (Å²) in [6.07, 6.45) is 0.825. The van der Waals surface area contributed by atoms with Crippen molar-refractivity contribution in [3.05, 3.63) is 24.3 Å². The highest BCUT2D eigenvalue weighted by molar-refractivity contribution is 9.10. The molecule has 0 bridgehead atoms. The summed E-state index contributed by atoms with van der Waals surface area (Å²) in [6, 6.07) is 8.02. The normalized spacial score (nSPS) is 16.9. The molecular formula is C15H21BrN2O2. The van der Waals surface area contributed by atoms with E-state index in [0.29, 0.717) is 0 Å². The van der Waals surface area contributed by atoms with Crippen LogP contribution in [0.4, 0.5) is 5.69 Å². The van der Waals surface area contributed by atoms with Crippen LogP contribution >= 0.6 is 15.9 Å². The molecule has 0 aliphatic carbocycles. The Morgan fingerprint density at radius 3 is 2.55 bits per heavy atom. The Morgan fingerprint density at radius 1 is 1.30 bits per heavy atom. The van der Waals surface area contributed by atoms with Gasteiger partial charge in [0.25, 0.3) is 0 Å². The average Bonchev–Trinajstić information content (AvgIpc) is 2.53. The summed E-state index contributed by atoms with van der Waals surface area (Å²) in [7, 11) is 1.69. The van der Waals surface area contributed by atoms with Gasteiger partial charge in [-0.25, -0.2) is 0 Å². The van der Waals surface area contributed by atoms with Crippen molar-refractivity contribution in [2.45, 2.75) is 18.2 Å². The van der Waals surface area contributed by atoms with Crippen molar-refractivity contribution in [2.24, 2.45) is 0 Å². The van der Waals surface area contributed by atoms with Crippen LogP contribution < -0.4 is 9.64 Å². The quantitative estimate of drug-likeness (QED) is 0.789. The molecule has 20 heavy (non-hydrogen) atoms. The van der Waals surface area contributed by atoms with Crippen molar-refractivity contribution >= 4 is 27.5 Å². The first-order valence-corrected chi connectivity index (χ1v) is 7.89. The number of alkyl halides is 1. The molecule has 1 aliphatic rings. The van der Waals surface area contributed by atoms with E-state index in [1.807, 2.05) is 30.0 Å². The number of carbonyl (C=O) groups is 1. The predicted molar refractivity (Wildman–Crippen MR) is 84.8 cm³/mol. The molecule has 1 saturated heterocycles. The number of hydrogen-bond acceptors (Lipinski definition) is 3. The Bertz CT molecular complexity index is 459. The number of methoxy groups -OCH3 is 1. The molecule has 1 aromatic carbocycles. The van der Waals surface area contributed by atoms with Gasteiger partial charge in [-0.3, -0.25) is 4.79 Å². The zero-order chi connectivity index (χ0) is 14.5. The minimum absolute atomic E-state index is 0.0553. The molecule has 0 aromatic heterocycles. The van der Waals surface area contributed by atoms with Gasteiger partial charge in [-0.15, -0.1) is 0 Å². The minimum atomic E-state index is -0.0553. The lowest BCUT2D eigenvalue weighted by atomic mass is 10.2. The third kappa shape index (κ3) is 3.26. The van der Waals surface area contributed by atoms with E-state index in [2.05, 4.69) is 26.9 Å². The maximum Gasteiger partial charge on any atom is 0.236 e. The maximum atomic E-state index is 12.1. The second kappa shape index (κ2) is 6.97. The highest BCUT2D eigenvalue weighted by Gasteiger charge is 2.25. The predicted octanol–water partition coefficient (Wildman–Crippen LogP) is 2.52. The Hall–Kier alpha value is -1.23. The highest BCUT2D eigenvalue weighted by atomic mass is 79.9. The largest absolute Gasteiger partial charge is 0.495 e. The van der Waals surface area contributed by atoms with Crippen LogP contribution in [0.2, 0.25) is 0 Å². The summed E-state index contributed by atoms with van der Waals surface area (Å²) in [5, 5.41) is 0.